The lowest BCUT2D eigenvalue weighted by atomic mass is 9.95. The third-order valence-corrected chi connectivity index (χ3v) is 20.1. The molecule has 0 saturated heterocycles. The monoisotopic (exact) mass is 865 g/mol. The average Bonchev–Trinajstić information content (AvgIpc) is 3.55. The summed E-state index contributed by atoms with van der Waals surface area (Å²) in [6, 6.07) is 14.8. The van der Waals surface area contributed by atoms with E-state index in [4.69, 9.17) is 23.6 Å². The Morgan fingerprint density at radius 2 is 1.73 bits per heavy atom. The lowest BCUT2D eigenvalue weighted by molar-refractivity contribution is 0.0512. The van der Waals surface area contributed by atoms with Gasteiger partial charge in [0.15, 0.2) is 6.79 Å². The quantitative estimate of drug-likeness (QED) is 0.0250. The molecule has 0 aliphatic carbocycles. The van der Waals surface area contributed by atoms with Crippen molar-refractivity contribution in [1.29, 1.82) is 0 Å². The van der Waals surface area contributed by atoms with E-state index in [-0.39, 0.29) is 23.2 Å². The fourth-order valence-electron chi connectivity index (χ4n) is 8.40. The van der Waals surface area contributed by atoms with Gasteiger partial charge in [-0.15, -0.1) is 5.54 Å². The van der Waals surface area contributed by atoms with Crippen LogP contribution in [0, 0.1) is 18.4 Å². The highest BCUT2D eigenvalue weighted by Crippen LogP contribution is 2.42. The maximum Gasteiger partial charge on any atom is 0.349 e. The highest BCUT2D eigenvalue weighted by Gasteiger charge is 2.41. The largest absolute Gasteiger partial charge is 0.609 e. The summed E-state index contributed by atoms with van der Waals surface area (Å²) in [7, 11) is -1.78. The molecule has 0 aliphatic rings. The van der Waals surface area contributed by atoms with Gasteiger partial charge >= 0.3 is 10.8 Å². The molecule has 0 aliphatic heterocycles. The first-order valence-electron chi connectivity index (χ1n) is 20.6. The van der Waals surface area contributed by atoms with Crippen LogP contribution in [0.4, 0.5) is 5.82 Å². The number of hydrogen-bond donors (Lipinski definition) is 1. The van der Waals surface area contributed by atoms with Crippen molar-refractivity contribution in [3.05, 3.63) is 82.0 Å². The highest BCUT2D eigenvalue weighted by molar-refractivity contribution is 7.90. The van der Waals surface area contributed by atoms with E-state index >= 15 is 0 Å². The molecule has 4 aromatic heterocycles. The number of aromatic nitrogens is 4. The van der Waals surface area contributed by atoms with Crippen LogP contribution in [-0.4, -0.2) is 67.0 Å². The first kappa shape index (κ1) is 45.0. The summed E-state index contributed by atoms with van der Waals surface area (Å²) in [5, 5.41) is 6.28. The molecule has 0 radical (unpaired) electrons. The van der Waals surface area contributed by atoms with E-state index in [2.05, 4.69) is 87.9 Å². The molecule has 60 heavy (non-hydrogen) atoms. The minimum absolute atomic E-state index is 0.0324. The molecule has 1 atom stereocenters. The number of methoxy groups -OCH3 is 1. The lowest BCUT2D eigenvalue weighted by Crippen LogP contribution is -2.43. The number of nitrogens with one attached hydrogen (secondary N) is 1. The summed E-state index contributed by atoms with van der Waals surface area (Å²) in [5.74, 6) is 4.74. The van der Waals surface area contributed by atoms with Crippen molar-refractivity contribution >= 4 is 65.9 Å². The van der Waals surface area contributed by atoms with Crippen LogP contribution in [0.1, 0.15) is 58.2 Å². The second-order valence-electron chi connectivity index (χ2n) is 17.6. The Labute approximate surface area is 358 Å². The van der Waals surface area contributed by atoms with Crippen LogP contribution >= 0.6 is 0 Å². The van der Waals surface area contributed by atoms with Crippen molar-refractivity contribution in [2.24, 2.45) is 0 Å². The van der Waals surface area contributed by atoms with Crippen molar-refractivity contribution in [2.75, 3.05) is 32.1 Å². The van der Waals surface area contributed by atoms with Crippen molar-refractivity contribution < 1.29 is 23.2 Å². The molecule has 6 rings (SSSR count). The maximum absolute atomic E-state index is 14.4. The zero-order chi connectivity index (χ0) is 43.5. The summed E-state index contributed by atoms with van der Waals surface area (Å²) in [6.45, 7) is 24.0. The molecule has 0 fully saturated rings. The summed E-state index contributed by atoms with van der Waals surface area (Å²) < 4.78 is 38.7. The van der Waals surface area contributed by atoms with Gasteiger partial charge in [-0.2, -0.15) is 9.97 Å². The van der Waals surface area contributed by atoms with Crippen molar-refractivity contribution in [2.45, 2.75) is 109 Å². The van der Waals surface area contributed by atoms with E-state index in [9.17, 15) is 9.35 Å². The molecular weight excluding hydrogens is 807 g/mol. The summed E-state index contributed by atoms with van der Waals surface area (Å²) >= 11 is -1.57. The molecule has 0 bridgehead atoms. The van der Waals surface area contributed by atoms with E-state index in [1.165, 1.54) is 6.26 Å². The van der Waals surface area contributed by atoms with E-state index in [0.29, 0.717) is 64.7 Å². The fourth-order valence-corrected chi connectivity index (χ4v) is 14.8. The van der Waals surface area contributed by atoms with Crippen molar-refractivity contribution in [3.63, 3.8) is 0 Å². The number of hydrogen-bond acceptors (Lipinski definition) is 10. The predicted molar refractivity (Wildman–Crippen MR) is 250 cm³/mol. The van der Waals surface area contributed by atoms with Gasteiger partial charge in [-0.25, -0.2) is 9.78 Å². The summed E-state index contributed by atoms with van der Waals surface area (Å²) in [4.78, 5) is 28.4. The average molecular weight is 866 g/mol. The smallest absolute Gasteiger partial charge is 0.349 e. The van der Waals surface area contributed by atoms with E-state index < -0.39 is 32.9 Å². The first-order chi connectivity index (χ1) is 28.5. The van der Waals surface area contributed by atoms with Gasteiger partial charge in [-0.1, -0.05) is 79.2 Å². The van der Waals surface area contributed by atoms with Gasteiger partial charge in [0.25, 0.3) is 0 Å². The predicted octanol–water partition coefficient (Wildman–Crippen LogP) is 10.3. The Kier molecular flexibility index (Phi) is 14.0. The molecular formula is C46H59N5O6SSi2. The number of rotatable bonds is 16. The molecule has 318 valence electrons. The molecule has 0 saturated carbocycles. The van der Waals surface area contributed by atoms with Crippen LogP contribution < -0.4 is 15.7 Å². The molecule has 2 aromatic carbocycles. The number of ether oxygens (including phenoxy) is 3. The van der Waals surface area contributed by atoms with E-state index in [1.807, 2.05) is 60.2 Å². The minimum Gasteiger partial charge on any atom is -0.609 e. The first-order valence-corrected chi connectivity index (χ1v) is 28.1. The molecule has 0 amide bonds. The van der Waals surface area contributed by atoms with E-state index in [0.717, 1.165) is 39.0 Å². The van der Waals surface area contributed by atoms with Crippen molar-refractivity contribution in [3.8, 4) is 28.5 Å². The topological polar surface area (TPSA) is 137 Å². The maximum atomic E-state index is 14.4. The van der Waals surface area contributed by atoms with Gasteiger partial charge in [0.05, 0.1) is 5.52 Å². The van der Waals surface area contributed by atoms with Crippen LogP contribution in [0.3, 0.4) is 0 Å². The Morgan fingerprint density at radius 1 is 1.00 bits per heavy atom. The number of benzene rings is 2. The molecule has 0 spiro atoms. The van der Waals surface area contributed by atoms with Gasteiger partial charge in [0.1, 0.15) is 49.4 Å². The van der Waals surface area contributed by atoms with Gasteiger partial charge < -0.3 is 33.1 Å². The highest BCUT2D eigenvalue weighted by atomic mass is 32.2. The van der Waals surface area contributed by atoms with Gasteiger partial charge in [-0.05, 0) is 70.9 Å². The summed E-state index contributed by atoms with van der Waals surface area (Å²) in [6.07, 6.45) is 5.30. The van der Waals surface area contributed by atoms with Gasteiger partial charge in [0, 0.05) is 79.4 Å². The van der Waals surface area contributed by atoms with Crippen LogP contribution in [0.15, 0.2) is 69.2 Å². The van der Waals surface area contributed by atoms with Gasteiger partial charge in [0.2, 0.25) is 0 Å². The SMILES string of the molecule is COCOc1cc(-c2oc(=O)c3c(NCc4cn(COCC[Si](C)(C)C)c5ncccc45)nc([S+](C)[O-])nc3c2C)c2c(C#C[Si](C(C)C)(C(C)C)C(C)C)cccc2c1. The lowest BCUT2D eigenvalue weighted by Gasteiger charge is -2.38. The summed E-state index contributed by atoms with van der Waals surface area (Å²) in [5.41, 5.74) is 8.71. The van der Waals surface area contributed by atoms with Crippen LogP contribution in [0.5, 0.6) is 5.75 Å². The zero-order valence-corrected chi connectivity index (χ0v) is 39.9. The Bertz CT molecular complexity index is 2600. The minimum atomic E-state index is -2.10. The number of nitrogens with zero attached hydrogens (tertiary/aromatic N) is 4. The Balaban J connectivity index is 1.49. The number of anilines is 1. The number of aryl methyl sites for hydroxylation is 1. The molecule has 1 N–H and O–H groups in total. The fraction of sp³-hybridized carbons (Fsp3) is 0.435. The van der Waals surface area contributed by atoms with Crippen LogP contribution in [-0.2, 0) is 33.9 Å². The second-order valence-corrected chi connectivity index (χ2v) is 30.1. The van der Waals surface area contributed by atoms with E-state index in [1.54, 1.807) is 13.3 Å². The zero-order valence-electron chi connectivity index (χ0n) is 37.1. The molecule has 1 unspecified atom stereocenters. The third-order valence-electron chi connectivity index (χ3n) is 11.4. The Morgan fingerprint density at radius 3 is 2.40 bits per heavy atom. The van der Waals surface area contributed by atoms with Crippen molar-refractivity contribution in [1.82, 2.24) is 19.5 Å². The molecule has 4 heterocycles. The third kappa shape index (κ3) is 9.36. The normalized spacial score (nSPS) is 12.9. The van der Waals surface area contributed by atoms with Crippen LogP contribution in [0.2, 0.25) is 42.3 Å². The molecule has 6 aromatic rings. The number of fused-ring (bicyclic) bond motifs is 3. The standard InChI is InChI=1S/C46H59N5O6SSi2/c1-29(2)60(30(3)4,31(5)6)21-18-33-15-13-16-34-23-36(56-28-54-8)24-38(39(33)34)42-32(7)41-40(45(52)57-42)43(50-46(49-41)58(9)53)48-25-35-26-51(27-55-20-22-59(10,11)12)44-37(35)17-14-19-47-44/h13-17,19,23-24,26,29-31H,20,22,25,27-28H2,1-12H3,(H,48,49,50). The van der Waals surface area contributed by atoms with Gasteiger partial charge in [-0.3, -0.25) is 0 Å². The molecule has 11 nitrogen and oxygen atoms in total. The number of pyridine rings is 1. The second kappa shape index (κ2) is 18.6. The Hall–Kier alpha value is -4.50. The van der Waals surface area contributed by atoms with Crippen LogP contribution in [0.25, 0.3) is 44.0 Å². The molecule has 14 heteroatoms.